The Bertz CT molecular complexity index is 535. The van der Waals surface area contributed by atoms with Gasteiger partial charge in [0, 0.05) is 6.54 Å². The van der Waals surface area contributed by atoms with Crippen molar-refractivity contribution in [3.05, 3.63) is 48.1 Å². The third-order valence-corrected chi connectivity index (χ3v) is 3.08. The quantitative estimate of drug-likeness (QED) is 0.475. The van der Waals surface area contributed by atoms with Gasteiger partial charge < -0.3 is 14.8 Å². The van der Waals surface area contributed by atoms with Gasteiger partial charge in [-0.15, -0.1) is 0 Å². The Morgan fingerprint density at radius 1 is 1.19 bits per heavy atom. The number of allylic oxidation sites excluding steroid dienone is 3. The van der Waals surface area contributed by atoms with E-state index in [2.05, 4.69) is 24.4 Å². The fraction of sp³-hybridized carbons (Fsp3) is 0.353. The lowest BCUT2D eigenvalue weighted by Crippen LogP contribution is -2.20. The third-order valence-electron chi connectivity index (χ3n) is 3.08. The van der Waals surface area contributed by atoms with Crippen LogP contribution in [-0.4, -0.2) is 12.7 Å². The van der Waals surface area contributed by atoms with E-state index in [-0.39, 0.29) is 12.7 Å². The Hall–Kier alpha value is -2.23. The Balaban J connectivity index is 1.71. The highest BCUT2D eigenvalue weighted by Gasteiger charge is 2.12. The maximum Gasteiger partial charge on any atom is 0.243 e. The monoisotopic (exact) mass is 287 g/mol. The van der Waals surface area contributed by atoms with Gasteiger partial charge in [0.2, 0.25) is 12.7 Å². The third kappa shape index (κ3) is 4.99. The van der Waals surface area contributed by atoms with E-state index in [4.69, 9.17) is 9.47 Å². The summed E-state index contributed by atoms with van der Waals surface area (Å²) in [7, 11) is 0. The minimum Gasteiger partial charge on any atom is -0.454 e. The molecule has 0 unspecified atom stereocenters. The van der Waals surface area contributed by atoms with Gasteiger partial charge in [-0.25, -0.2) is 0 Å². The van der Waals surface area contributed by atoms with Gasteiger partial charge in [-0.2, -0.15) is 0 Å². The van der Waals surface area contributed by atoms with E-state index in [1.807, 2.05) is 24.3 Å². The Morgan fingerprint density at radius 3 is 2.86 bits per heavy atom. The van der Waals surface area contributed by atoms with E-state index in [9.17, 15) is 4.79 Å². The molecule has 0 aromatic heterocycles. The first-order valence-corrected chi connectivity index (χ1v) is 7.27. The second kappa shape index (κ2) is 8.15. The van der Waals surface area contributed by atoms with Crippen molar-refractivity contribution in [2.24, 2.45) is 0 Å². The van der Waals surface area contributed by atoms with E-state index in [1.165, 1.54) is 0 Å². The van der Waals surface area contributed by atoms with Crippen molar-refractivity contribution >= 4 is 5.91 Å². The lowest BCUT2D eigenvalue weighted by Gasteiger charge is -2.04. The number of carbonyl (C=O) groups is 1. The molecule has 112 valence electrons. The summed E-state index contributed by atoms with van der Waals surface area (Å²) in [5, 5.41) is 2.85. The molecule has 2 rings (SSSR count). The summed E-state index contributed by atoms with van der Waals surface area (Å²) in [5.74, 6) is 1.41. The van der Waals surface area contributed by atoms with E-state index in [1.54, 1.807) is 6.08 Å². The van der Waals surface area contributed by atoms with Gasteiger partial charge in [0.1, 0.15) is 0 Å². The molecule has 1 heterocycles. The summed E-state index contributed by atoms with van der Waals surface area (Å²) in [6.07, 6.45) is 10.7. The van der Waals surface area contributed by atoms with Gasteiger partial charge in [-0.3, -0.25) is 4.79 Å². The molecular weight excluding hydrogens is 266 g/mol. The van der Waals surface area contributed by atoms with Crippen LogP contribution in [0.15, 0.2) is 42.5 Å². The Morgan fingerprint density at radius 2 is 2.00 bits per heavy atom. The first kappa shape index (κ1) is 15.2. The van der Waals surface area contributed by atoms with Crippen LogP contribution >= 0.6 is 0 Å². The SMILES string of the molecule is CCC=CCCC=CC(=O)NCc1ccc2c(c1)OCO2. The molecule has 1 aliphatic heterocycles. The summed E-state index contributed by atoms with van der Waals surface area (Å²) < 4.78 is 10.5. The van der Waals surface area contributed by atoms with Crippen LogP contribution in [-0.2, 0) is 11.3 Å². The Kier molecular flexibility index (Phi) is 5.88. The molecule has 0 spiro atoms. The van der Waals surface area contributed by atoms with Crippen LogP contribution in [0.4, 0.5) is 0 Å². The number of nitrogens with one attached hydrogen (secondary N) is 1. The number of unbranched alkanes of at least 4 members (excludes halogenated alkanes) is 1. The van der Waals surface area contributed by atoms with Crippen molar-refractivity contribution in [3.8, 4) is 11.5 Å². The summed E-state index contributed by atoms with van der Waals surface area (Å²) in [5.41, 5.74) is 0.992. The lowest BCUT2D eigenvalue weighted by molar-refractivity contribution is -0.116. The number of fused-ring (bicyclic) bond motifs is 1. The molecule has 1 N–H and O–H groups in total. The largest absolute Gasteiger partial charge is 0.454 e. The molecule has 4 nitrogen and oxygen atoms in total. The smallest absolute Gasteiger partial charge is 0.243 e. The van der Waals surface area contributed by atoms with Crippen LogP contribution in [0.3, 0.4) is 0 Å². The summed E-state index contributed by atoms with van der Waals surface area (Å²) >= 11 is 0. The van der Waals surface area contributed by atoms with Crippen molar-refractivity contribution in [2.75, 3.05) is 6.79 Å². The molecule has 0 bridgehead atoms. The van der Waals surface area contributed by atoms with Gasteiger partial charge in [0.25, 0.3) is 0 Å². The average Bonchev–Trinajstić information content (AvgIpc) is 2.96. The lowest BCUT2D eigenvalue weighted by atomic mass is 10.2. The summed E-state index contributed by atoms with van der Waals surface area (Å²) in [6, 6.07) is 5.68. The highest BCUT2D eigenvalue weighted by Crippen LogP contribution is 2.32. The van der Waals surface area contributed by atoms with Crippen molar-refractivity contribution < 1.29 is 14.3 Å². The molecule has 0 radical (unpaired) electrons. The molecule has 0 saturated heterocycles. The van der Waals surface area contributed by atoms with Crippen LogP contribution in [0, 0.1) is 0 Å². The maximum absolute atomic E-state index is 11.7. The van der Waals surface area contributed by atoms with Gasteiger partial charge in [0.15, 0.2) is 11.5 Å². The number of rotatable bonds is 7. The van der Waals surface area contributed by atoms with E-state index in [0.717, 1.165) is 36.3 Å². The van der Waals surface area contributed by atoms with Crippen LogP contribution in [0.2, 0.25) is 0 Å². The topological polar surface area (TPSA) is 47.6 Å². The summed E-state index contributed by atoms with van der Waals surface area (Å²) in [4.78, 5) is 11.7. The van der Waals surface area contributed by atoms with Gasteiger partial charge >= 0.3 is 0 Å². The molecule has 0 fully saturated rings. The number of benzene rings is 1. The van der Waals surface area contributed by atoms with E-state index in [0.29, 0.717) is 6.54 Å². The van der Waals surface area contributed by atoms with Crippen molar-refractivity contribution in [1.29, 1.82) is 0 Å². The van der Waals surface area contributed by atoms with Gasteiger partial charge in [-0.1, -0.05) is 31.2 Å². The zero-order chi connectivity index (χ0) is 14.9. The normalized spacial score (nSPS) is 13.2. The number of ether oxygens (including phenoxy) is 2. The molecule has 0 aliphatic carbocycles. The van der Waals surface area contributed by atoms with Crippen LogP contribution in [0.1, 0.15) is 31.7 Å². The second-order valence-electron chi connectivity index (χ2n) is 4.76. The van der Waals surface area contributed by atoms with Gasteiger partial charge in [0.05, 0.1) is 0 Å². The predicted molar refractivity (Wildman–Crippen MR) is 82.2 cm³/mol. The van der Waals surface area contributed by atoms with Crippen LogP contribution < -0.4 is 14.8 Å². The molecule has 1 aromatic carbocycles. The first-order chi connectivity index (χ1) is 10.3. The van der Waals surface area contributed by atoms with Crippen molar-refractivity contribution in [2.45, 2.75) is 32.7 Å². The van der Waals surface area contributed by atoms with E-state index < -0.39 is 0 Å². The van der Waals surface area contributed by atoms with Crippen LogP contribution in [0.5, 0.6) is 11.5 Å². The molecular formula is C17H21NO3. The minimum atomic E-state index is -0.0767. The number of hydrogen-bond donors (Lipinski definition) is 1. The molecule has 21 heavy (non-hydrogen) atoms. The molecule has 1 aliphatic rings. The maximum atomic E-state index is 11.7. The van der Waals surface area contributed by atoms with Crippen molar-refractivity contribution in [3.63, 3.8) is 0 Å². The van der Waals surface area contributed by atoms with Crippen molar-refractivity contribution in [1.82, 2.24) is 5.32 Å². The molecule has 1 amide bonds. The number of hydrogen-bond acceptors (Lipinski definition) is 3. The number of amides is 1. The fourth-order valence-corrected chi connectivity index (χ4v) is 1.97. The molecule has 4 heteroatoms. The average molecular weight is 287 g/mol. The molecule has 0 atom stereocenters. The van der Waals surface area contributed by atoms with Gasteiger partial charge in [-0.05, 0) is 43.0 Å². The minimum absolute atomic E-state index is 0.0767. The summed E-state index contributed by atoms with van der Waals surface area (Å²) in [6.45, 7) is 2.85. The van der Waals surface area contributed by atoms with E-state index >= 15 is 0 Å². The molecule has 0 saturated carbocycles. The zero-order valence-corrected chi connectivity index (χ0v) is 12.3. The standard InChI is InChI=1S/C17H21NO3/c1-2-3-4-5-6-7-8-17(19)18-12-14-9-10-15-16(11-14)21-13-20-15/h3-4,7-11H,2,5-6,12-13H2,1H3,(H,18,19). The highest BCUT2D eigenvalue weighted by atomic mass is 16.7. The highest BCUT2D eigenvalue weighted by molar-refractivity contribution is 5.87. The predicted octanol–water partition coefficient (Wildman–Crippen LogP) is 3.33. The molecule has 1 aromatic rings. The Labute approximate surface area is 125 Å². The fourth-order valence-electron chi connectivity index (χ4n) is 1.97. The number of carbonyl (C=O) groups excluding carboxylic acids is 1. The first-order valence-electron chi connectivity index (χ1n) is 7.27. The second-order valence-corrected chi connectivity index (χ2v) is 4.76. The zero-order valence-electron chi connectivity index (χ0n) is 12.3. The van der Waals surface area contributed by atoms with Crippen LogP contribution in [0.25, 0.3) is 0 Å².